The van der Waals surface area contributed by atoms with Crippen molar-refractivity contribution in [3.8, 4) is 0 Å². The fourth-order valence-corrected chi connectivity index (χ4v) is 2.91. The van der Waals surface area contributed by atoms with Crippen LogP contribution in [0.25, 0.3) is 0 Å². The van der Waals surface area contributed by atoms with E-state index in [1.54, 1.807) is 6.33 Å². The molecule has 0 radical (unpaired) electrons. The number of hydrogen-bond donors (Lipinski definition) is 1. The van der Waals surface area contributed by atoms with Crippen molar-refractivity contribution in [1.29, 1.82) is 0 Å². The molecule has 0 aliphatic heterocycles. The quantitative estimate of drug-likeness (QED) is 0.883. The summed E-state index contributed by atoms with van der Waals surface area (Å²) in [6, 6.07) is 7.93. The molecule has 1 heterocycles. The molecule has 1 aliphatic rings. The Morgan fingerprint density at radius 3 is 2.86 bits per heavy atom. The number of aryl methyl sites for hydroxylation is 1. The van der Waals surface area contributed by atoms with Crippen molar-refractivity contribution in [1.82, 2.24) is 9.97 Å². The van der Waals surface area contributed by atoms with Gasteiger partial charge in [-0.1, -0.05) is 24.4 Å². The minimum Gasteiger partial charge on any atom is -0.389 e. The van der Waals surface area contributed by atoms with Gasteiger partial charge in [-0.05, 0) is 37.8 Å². The largest absolute Gasteiger partial charge is 0.389 e. The van der Waals surface area contributed by atoms with Gasteiger partial charge in [-0.25, -0.2) is 9.97 Å². The monoisotopic (exact) mass is 298 g/mol. The van der Waals surface area contributed by atoms with Crippen molar-refractivity contribution < 1.29 is 0 Å². The molecule has 0 bridgehead atoms. The van der Waals surface area contributed by atoms with Crippen LogP contribution in [-0.2, 0) is 12.8 Å². The van der Waals surface area contributed by atoms with Crippen LogP contribution in [0.15, 0.2) is 30.6 Å². The van der Waals surface area contributed by atoms with Gasteiger partial charge in [0, 0.05) is 29.6 Å². The van der Waals surface area contributed by atoms with Gasteiger partial charge in [-0.2, -0.15) is 0 Å². The molecule has 5 heteroatoms. The van der Waals surface area contributed by atoms with E-state index >= 15 is 0 Å². The first-order chi connectivity index (χ1) is 10.2. The highest BCUT2D eigenvalue weighted by Crippen LogP contribution is 2.30. The number of nitrogens with two attached hydrogens (primary N) is 1. The third kappa shape index (κ3) is 2.74. The molecule has 3 rings (SSSR count). The van der Waals surface area contributed by atoms with Crippen molar-refractivity contribution in [2.24, 2.45) is 5.73 Å². The molecule has 0 saturated heterocycles. The van der Waals surface area contributed by atoms with Crippen LogP contribution in [0.2, 0.25) is 0 Å². The Hall–Kier alpha value is -2.01. The topological polar surface area (TPSA) is 55.0 Å². The molecule has 0 saturated carbocycles. The number of benzene rings is 1. The summed E-state index contributed by atoms with van der Waals surface area (Å²) in [6.45, 7) is 0. The Bertz CT molecular complexity index is 684. The lowest BCUT2D eigenvalue weighted by molar-refractivity contribution is 0.661. The van der Waals surface area contributed by atoms with Gasteiger partial charge in [0.15, 0.2) is 0 Å². The molecular formula is C16H18N4S. The zero-order valence-electron chi connectivity index (χ0n) is 12.0. The van der Waals surface area contributed by atoms with E-state index in [4.69, 9.17) is 18.0 Å². The molecular weight excluding hydrogens is 280 g/mol. The maximum absolute atomic E-state index is 5.72. The van der Waals surface area contributed by atoms with Gasteiger partial charge in [0.1, 0.15) is 17.1 Å². The maximum Gasteiger partial charge on any atom is 0.139 e. The Morgan fingerprint density at radius 1 is 1.24 bits per heavy atom. The van der Waals surface area contributed by atoms with E-state index in [0.29, 0.717) is 4.99 Å². The van der Waals surface area contributed by atoms with Gasteiger partial charge < -0.3 is 10.6 Å². The lowest BCUT2D eigenvalue weighted by Gasteiger charge is -2.25. The molecule has 1 aliphatic carbocycles. The van der Waals surface area contributed by atoms with E-state index in [1.165, 1.54) is 24.1 Å². The van der Waals surface area contributed by atoms with Gasteiger partial charge in [0.2, 0.25) is 0 Å². The molecule has 2 N–H and O–H groups in total. The number of fused-ring (bicyclic) bond motifs is 1. The number of nitrogens with zero attached hydrogens (tertiary/aromatic N) is 3. The summed E-state index contributed by atoms with van der Waals surface area (Å²) in [6.07, 6.45) is 6.17. The summed E-state index contributed by atoms with van der Waals surface area (Å²) in [5.74, 6) is 0.986. The van der Waals surface area contributed by atoms with Gasteiger partial charge in [0.05, 0.1) is 0 Å². The molecule has 0 unspecified atom stereocenters. The number of hydrogen-bond acceptors (Lipinski definition) is 4. The van der Waals surface area contributed by atoms with Gasteiger partial charge in [-0.15, -0.1) is 0 Å². The highest BCUT2D eigenvalue weighted by molar-refractivity contribution is 7.80. The number of anilines is 2. The van der Waals surface area contributed by atoms with Crippen LogP contribution in [0.1, 0.15) is 29.7 Å². The number of thiocarbonyl (C=S) groups is 1. The molecule has 2 aromatic rings. The molecule has 0 fully saturated rings. The predicted octanol–water partition coefficient (Wildman–Crippen LogP) is 2.76. The highest BCUT2D eigenvalue weighted by Gasteiger charge is 2.18. The Morgan fingerprint density at radius 2 is 2.05 bits per heavy atom. The van der Waals surface area contributed by atoms with Crippen LogP contribution in [0.3, 0.4) is 0 Å². The molecule has 1 aromatic carbocycles. The second-order valence-electron chi connectivity index (χ2n) is 5.30. The van der Waals surface area contributed by atoms with E-state index in [1.807, 2.05) is 31.3 Å². The van der Waals surface area contributed by atoms with E-state index < -0.39 is 0 Å². The molecule has 0 atom stereocenters. The van der Waals surface area contributed by atoms with Gasteiger partial charge in [-0.3, -0.25) is 0 Å². The highest BCUT2D eigenvalue weighted by atomic mass is 32.1. The predicted molar refractivity (Wildman–Crippen MR) is 89.1 cm³/mol. The smallest absolute Gasteiger partial charge is 0.139 e. The zero-order valence-corrected chi connectivity index (χ0v) is 12.9. The van der Waals surface area contributed by atoms with Crippen LogP contribution in [-0.4, -0.2) is 22.0 Å². The molecule has 0 amide bonds. The molecule has 1 aromatic heterocycles. The fraction of sp³-hybridized carbons (Fsp3) is 0.312. The summed E-state index contributed by atoms with van der Waals surface area (Å²) >= 11 is 5.06. The van der Waals surface area contributed by atoms with Crippen molar-refractivity contribution in [2.75, 3.05) is 11.9 Å². The van der Waals surface area contributed by atoms with Crippen molar-refractivity contribution in [3.05, 3.63) is 47.4 Å². The maximum atomic E-state index is 5.72. The third-order valence-corrected chi connectivity index (χ3v) is 4.17. The first-order valence-electron chi connectivity index (χ1n) is 7.13. The normalized spacial score (nSPS) is 13.6. The average molecular weight is 298 g/mol. The SMILES string of the molecule is CN(c1cccc(C(N)=S)c1)c1ncnc2c1CCCC2. The van der Waals surface area contributed by atoms with Crippen LogP contribution in [0, 0.1) is 0 Å². The number of aromatic nitrogens is 2. The minimum atomic E-state index is 0.412. The standard InChI is InChI=1S/C16H18N4S/c1-20(12-6-4-5-11(9-12)15(17)21)16-13-7-2-3-8-14(13)18-10-19-16/h4-6,9-10H,2-3,7-8H2,1H3,(H2,17,21). The van der Waals surface area contributed by atoms with Crippen LogP contribution < -0.4 is 10.6 Å². The van der Waals surface area contributed by atoms with Crippen molar-refractivity contribution >= 4 is 28.7 Å². The van der Waals surface area contributed by atoms with Crippen molar-refractivity contribution in [2.45, 2.75) is 25.7 Å². The summed E-state index contributed by atoms with van der Waals surface area (Å²) in [4.78, 5) is 11.4. The lowest BCUT2D eigenvalue weighted by atomic mass is 9.96. The first-order valence-corrected chi connectivity index (χ1v) is 7.54. The summed E-state index contributed by atoms with van der Waals surface area (Å²) < 4.78 is 0. The molecule has 108 valence electrons. The average Bonchev–Trinajstić information content (AvgIpc) is 2.53. The van der Waals surface area contributed by atoms with Crippen LogP contribution >= 0.6 is 12.2 Å². The summed E-state index contributed by atoms with van der Waals surface area (Å²) in [5, 5.41) is 0. The first kappa shape index (κ1) is 13.9. The molecule has 0 spiro atoms. The van der Waals surface area contributed by atoms with Crippen LogP contribution in [0.4, 0.5) is 11.5 Å². The van der Waals surface area contributed by atoms with Gasteiger partial charge in [0.25, 0.3) is 0 Å². The number of rotatable bonds is 3. The fourth-order valence-electron chi connectivity index (χ4n) is 2.78. The molecule has 21 heavy (non-hydrogen) atoms. The lowest BCUT2D eigenvalue weighted by Crippen LogP contribution is -2.18. The second-order valence-corrected chi connectivity index (χ2v) is 5.74. The molecule has 4 nitrogen and oxygen atoms in total. The Labute approximate surface area is 130 Å². The van der Waals surface area contributed by atoms with E-state index in [9.17, 15) is 0 Å². The third-order valence-electron chi connectivity index (χ3n) is 3.94. The van der Waals surface area contributed by atoms with Gasteiger partial charge >= 0.3 is 0 Å². The van der Waals surface area contributed by atoms with E-state index in [0.717, 1.165) is 29.9 Å². The van der Waals surface area contributed by atoms with Crippen LogP contribution in [0.5, 0.6) is 0 Å². The van der Waals surface area contributed by atoms with Crippen molar-refractivity contribution in [3.63, 3.8) is 0 Å². The minimum absolute atomic E-state index is 0.412. The zero-order chi connectivity index (χ0) is 14.8. The summed E-state index contributed by atoms with van der Waals surface area (Å²) in [7, 11) is 2.02. The Kier molecular flexibility index (Phi) is 3.84. The second kappa shape index (κ2) is 5.77. The van der Waals surface area contributed by atoms with E-state index in [2.05, 4.69) is 14.9 Å². The summed E-state index contributed by atoms with van der Waals surface area (Å²) in [5.41, 5.74) is 10.1. The Balaban J connectivity index is 2.01. The van der Waals surface area contributed by atoms with E-state index in [-0.39, 0.29) is 0 Å².